The Bertz CT molecular complexity index is 392. The van der Waals surface area contributed by atoms with Crippen molar-refractivity contribution in [2.24, 2.45) is 0 Å². The van der Waals surface area contributed by atoms with Gasteiger partial charge in [-0.15, -0.1) is 0 Å². The first-order valence-electron chi connectivity index (χ1n) is 3.05. The molecule has 0 aliphatic carbocycles. The van der Waals surface area contributed by atoms with Gasteiger partial charge in [0.1, 0.15) is 0 Å². The highest BCUT2D eigenvalue weighted by Gasteiger charge is 2.39. The minimum absolute atomic E-state index is 0.315. The zero-order chi connectivity index (χ0) is 11.1. The molecular weight excluding hydrogens is 247 g/mol. The molecule has 0 atom stereocenters. The molecule has 0 unspecified atom stereocenters. The van der Waals surface area contributed by atoms with E-state index in [9.17, 15) is 17.7 Å². The highest BCUT2D eigenvalue weighted by molar-refractivity contribution is 7.60. The van der Waals surface area contributed by atoms with E-state index in [4.69, 9.17) is 21.4 Å². The SMILES string of the molecule is O=P(O)(O)c1oc(C(F)(F)F)cc1Cl. The lowest BCUT2D eigenvalue weighted by atomic mass is 10.4. The molecule has 2 N–H and O–H groups in total. The second-order valence-electron chi connectivity index (χ2n) is 2.31. The first-order chi connectivity index (χ1) is 6.12. The third kappa shape index (κ3) is 2.30. The third-order valence-corrected chi connectivity index (χ3v) is 2.49. The number of hydrogen-bond acceptors (Lipinski definition) is 2. The fourth-order valence-corrected chi connectivity index (χ4v) is 1.73. The van der Waals surface area contributed by atoms with Crippen LogP contribution in [0.25, 0.3) is 0 Å². The summed E-state index contributed by atoms with van der Waals surface area (Å²) in [5.74, 6) is -1.54. The molecule has 0 bridgehead atoms. The van der Waals surface area contributed by atoms with Crippen LogP contribution < -0.4 is 5.50 Å². The summed E-state index contributed by atoms with van der Waals surface area (Å²) in [4.78, 5) is 17.0. The molecule has 1 rings (SSSR count). The van der Waals surface area contributed by atoms with E-state index in [-0.39, 0.29) is 0 Å². The maximum absolute atomic E-state index is 12.0. The van der Waals surface area contributed by atoms with Gasteiger partial charge in [-0.2, -0.15) is 13.2 Å². The molecule has 0 aliphatic rings. The van der Waals surface area contributed by atoms with Crippen molar-refractivity contribution >= 4 is 24.7 Å². The van der Waals surface area contributed by atoms with Gasteiger partial charge >= 0.3 is 13.8 Å². The van der Waals surface area contributed by atoms with Gasteiger partial charge in [0.2, 0.25) is 11.3 Å². The Labute approximate surface area is 80.4 Å². The maximum Gasteiger partial charge on any atom is 0.449 e. The molecule has 1 aromatic rings. The van der Waals surface area contributed by atoms with E-state index in [2.05, 4.69) is 4.42 Å². The van der Waals surface area contributed by atoms with Crippen LogP contribution in [0.3, 0.4) is 0 Å². The molecule has 80 valence electrons. The largest absolute Gasteiger partial charge is 0.449 e. The smallest absolute Gasteiger partial charge is 0.442 e. The predicted molar refractivity (Wildman–Crippen MR) is 40.4 cm³/mol. The average Bonchev–Trinajstić information content (AvgIpc) is 2.27. The van der Waals surface area contributed by atoms with E-state index in [0.717, 1.165) is 0 Å². The minimum Gasteiger partial charge on any atom is -0.442 e. The van der Waals surface area contributed by atoms with E-state index >= 15 is 0 Å². The zero-order valence-electron chi connectivity index (χ0n) is 6.25. The molecule has 0 saturated heterocycles. The van der Waals surface area contributed by atoms with Crippen molar-refractivity contribution in [1.29, 1.82) is 0 Å². The monoisotopic (exact) mass is 250 g/mol. The molecule has 4 nitrogen and oxygen atoms in total. The Morgan fingerprint density at radius 1 is 1.43 bits per heavy atom. The van der Waals surface area contributed by atoms with Crippen LogP contribution in [0, 0.1) is 0 Å². The lowest BCUT2D eigenvalue weighted by Gasteiger charge is -2.01. The van der Waals surface area contributed by atoms with Crippen LogP contribution in [0.1, 0.15) is 5.76 Å². The normalized spacial score (nSPS) is 13.3. The van der Waals surface area contributed by atoms with Crippen molar-refractivity contribution in [3.05, 3.63) is 16.8 Å². The summed E-state index contributed by atoms with van der Waals surface area (Å²) in [7, 11) is -4.90. The predicted octanol–water partition coefficient (Wildman–Crippen LogP) is 1.75. The van der Waals surface area contributed by atoms with Crippen LogP contribution in [-0.4, -0.2) is 9.79 Å². The molecule has 0 saturated carbocycles. The summed E-state index contributed by atoms with van der Waals surface area (Å²) in [5, 5.41) is -0.745. The molecule has 0 radical (unpaired) electrons. The van der Waals surface area contributed by atoms with Gasteiger partial charge in [0.05, 0.1) is 5.02 Å². The Hall–Kier alpha value is -0.490. The lowest BCUT2D eigenvalue weighted by Crippen LogP contribution is -2.05. The Balaban J connectivity index is 3.26. The van der Waals surface area contributed by atoms with Crippen molar-refractivity contribution in [1.82, 2.24) is 0 Å². The highest BCUT2D eigenvalue weighted by Crippen LogP contribution is 2.40. The van der Waals surface area contributed by atoms with Gasteiger partial charge in [0, 0.05) is 6.07 Å². The Kier molecular flexibility index (Phi) is 2.71. The van der Waals surface area contributed by atoms with Gasteiger partial charge in [-0.3, -0.25) is 4.57 Å². The Morgan fingerprint density at radius 2 is 1.93 bits per heavy atom. The highest BCUT2D eigenvalue weighted by atomic mass is 35.5. The quantitative estimate of drug-likeness (QED) is 0.745. The fraction of sp³-hybridized carbons (Fsp3) is 0.200. The van der Waals surface area contributed by atoms with Gasteiger partial charge in [0.25, 0.3) is 0 Å². The zero-order valence-corrected chi connectivity index (χ0v) is 7.90. The van der Waals surface area contributed by atoms with Crippen molar-refractivity contribution in [2.75, 3.05) is 0 Å². The summed E-state index contributed by atoms with van der Waals surface area (Å²) in [6.45, 7) is 0. The second kappa shape index (κ2) is 3.27. The summed E-state index contributed by atoms with van der Waals surface area (Å²) in [6.07, 6.45) is -4.82. The van der Waals surface area contributed by atoms with E-state index in [1.54, 1.807) is 0 Å². The summed E-state index contributed by atoms with van der Waals surface area (Å²) < 4.78 is 50.4. The number of halogens is 4. The number of furan rings is 1. The lowest BCUT2D eigenvalue weighted by molar-refractivity contribution is -0.152. The van der Waals surface area contributed by atoms with Crippen molar-refractivity contribution < 1.29 is 31.9 Å². The maximum atomic E-state index is 12.0. The van der Waals surface area contributed by atoms with Crippen molar-refractivity contribution in [3.8, 4) is 0 Å². The van der Waals surface area contributed by atoms with Gasteiger partial charge in [0.15, 0.2) is 0 Å². The topological polar surface area (TPSA) is 70.7 Å². The van der Waals surface area contributed by atoms with Crippen LogP contribution in [0.2, 0.25) is 5.02 Å². The average molecular weight is 250 g/mol. The second-order valence-corrected chi connectivity index (χ2v) is 4.21. The summed E-state index contributed by atoms with van der Waals surface area (Å²) >= 11 is 5.15. The minimum atomic E-state index is -4.90. The molecule has 1 heterocycles. The van der Waals surface area contributed by atoms with E-state index < -0.39 is 30.1 Å². The van der Waals surface area contributed by atoms with Crippen LogP contribution in [0.15, 0.2) is 10.5 Å². The van der Waals surface area contributed by atoms with Gasteiger partial charge in [-0.25, -0.2) is 0 Å². The molecule has 0 aliphatic heterocycles. The first-order valence-corrected chi connectivity index (χ1v) is 5.04. The molecule has 1 aromatic heterocycles. The number of alkyl halides is 3. The van der Waals surface area contributed by atoms with Crippen molar-refractivity contribution in [2.45, 2.75) is 6.18 Å². The summed E-state index contributed by atoms with van der Waals surface area (Å²) in [6, 6.07) is 0.315. The first kappa shape index (κ1) is 11.6. The third-order valence-electron chi connectivity index (χ3n) is 1.21. The van der Waals surface area contributed by atoms with Crippen LogP contribution in [-0.2, 0) is 10.7 Å². The van der Waals surface area contributed by atoms with Gasteiger partial charge in [-0.1, -0.05) is 11.6 Å². The standard InChI is InChI=1S/C5H3ClF3O4P/c6-2-1-3(5(7,8)9)13-4(2)14(10,11)12/h1H,(H2,10,11,12). The molecule has 0 fully saturated rings. The molecule has 14 heavy (non-hydrogen) atoms. The molecular formula is C5H3ClF3O4P. The van der Waals surface area contributed by atoms with Gasteiger partial charge < -0.3 is 14.2 Å². The van der Waals surface area contributed by atoms with E-state index in [1.165, 1.54) is 0 Å². The van der Waals surface area contributed by atoms with Gasteiger partial charge in [-0.05, 0) is 0 Å². The fourth-order valence-electron chi connectivity index (χ4n) is 0.697. The molecule has 9 heteroatoms. The van der Waals surface area contributed by atoms with Crippen LogP contribution in [0.5, 0.6) is 0 Å². The van der Waals surface area contributed by atoms with Crippen LogP contribution in [0.4, 0.5) is 13.2 Å². The number of rotatable bonds is 1. The Morgan fingerprint density at radius 3 is 2.14 bits per heavy atom. The number of hydrogen-bond donors (Lipinski definition) is 2. The van der Waals surface area contributed by atoms with E-state index in [1.807, 2.05) is 0 Å². The molecule has 0 aromatic carbocycles. The molecule has 0 amide bonds. The van der Waals surface area contributed by atoms with Crippen molar-refractivity contribution in [3.63, 3.8) is 0 Å². The van der Waals surface area contributed by atoms with Crippen LogP contribution >= 0.6 is 19.2 Å². The molecule has 0 spiro atoms. The summed E-state index contributed by atoms with van der Waals surface area (Å²) in [5.41, 5.74) is -1.17. The van der Waals surface area contributed by atoms with E-state index in [0.29, 0.717) is 6.07 Å².